The molecule has 4 heteroatoms. The predicted octanol–water partition coefficient (Wildman–Crippen LogP) is 0.784. The molecular formula is C11H24N2O2. The number of carbonyl (C=O) groups excluding carboxylic acids is 1. The van der Waals surface area contributed by atoms with Crippen LogP contribution in [0.1, 0.15) is 44.9 Å². The van der Waals surface area contributed by atoms with Crippen LogP contribution in [0, 0.1) is 0 Å². The van der Waals surface area contributed by atoms with Crippen molar-refractivity contribution in [3.63, 3.8) is 0 Å². The van der Waals surface area contributed by atoms with E-state index in [0.717, 1.165) is 38.5 Å². The number of carbonyl (C=O) groups is 1. The van der Waals surface area contributed by atoms with Crippen LogP contribution in [0.25, 0.3) is 0 Å². The SMILES string of the molecule is NCCCNC(=O)CCCCCCCO. The van der Waals surface area contributed by atoms with Gasteiger partial charge in [-0.25, -0.2) is 0 Å². The summed E-state index contributed by atoms with van der Waals surface area (Å²) in [6.07, 6.45) is 6.53. The van der Waals surface area contributed by atoms with E-state index >= 15 is 0 Å². The fraction of sp³-hybridized carbons (Fsp3) is 0.909. The van der Waals surface area contributed by atoms with Crippen molar-refractivity contribution in [3.05, 3.63) is 0 Å². The molecule has 0 heterocycles. The molecule has 0 aliphatic rings. The summed E-state index contributed by atoms with van der Waals surface area (Å²) in [4.78, 5) is 11.2. The van der Waals surface area contributed by atoms with Crippen LogP contribution in [0.15, 0.2) is 0 Å². The number of unbranched alkanes of at least 4 members (excludes halogenated alkanes) is 4. The van der Waals surface area contributed by atoms with Gasteiger partial charge in [0, 0.05) is 19.6 Å². The van der Waals surface area contributed by atoms with E-state index in [1.807, 2.05) is 0 Å². The van der Waals surface area contributed by atoms with Crippen LogP contribution in [0.4, 0.5) is 0 Å². The highest BCUT2D eigenvalue weighted by molar-refractivity contribution is 5.75. The molecule has 0 aliphatic carbocycles. The van der Waals surface area contributed by atoms with E-state index in [1.54, 1.807) is 0 Å². The first-order valence-electron chi connectivity index (χ1n) is 5.89. The fourth-order valence-corrected chi connectivity index (χ4v) is 1.35. The van der Waals surface area contributed by atoms with Crippen LogP contribution in [0.5, 0.6) is 0 Å². The van der Waals surface area contributed by atoms with E-state index in [0.29, 0.717) is 19.5 Å². The van der Waals surface area contributed by atoms with Crippen LogP contribution in [-0.2, 0) is 4.79 Å². The van der Waals surface area contributed by atoms with E-state index in [4.69, 9.17) is 10.8 Å². The highest BCUT2D eigenvalue weighted by Gasteiger charge is 1.99. The average molecular weight is 216 g/mol. The van der Waals surface area contributed by atoms with Gasteiger partial charge in [0.15, 0.2) is 0 Å². The van der Waals surface area contributed by atoms with Gasteiger partial charge in [-0.2, -0.15) is 0 Å². The second-order valence-corrected chi connectivity index (χ2v) is 3.73. The number of nitrogens with one attached hydrogen (secondary N) is 1. The summed E-state index contributed by atoms with van der Waals surface area (Å²) >= 11 is 0. The Kier molecular flexibility index (Phi) is 11.0. The summed E-state index contributed by atoms with van der Waals surface area (Å²) in [5.41, 5.74) is 5.31. The van der Waals surface area contributed by atoms with Crippen LogP contribution in [0.3, 0.4) is 0 Å². The minimum Gasteiger partial charge on any atom is -0.396 e. The summed E-state index contributed by atoms with van der Waals surface area (Å²) in [5.74, 6) is 0.130. The van der Waals surface area contributed by atoms with Gasteiger partial charge in [-0.3, -0.25) is 4.79 Å². The molecular weight excluding hydrogens is 192 g/mol. The Morgan fingerprint density at radius 3 is 2.40 bits per heavy atom. The first-order chi connectivity index (χ1) is 7.31. The van der Waals surface area contributed by atoms with E-state index < -0.39 is 0 Å². The first kappa shape index (κ1) is 14.4. The highest BCUT2D eigenvalue weighted by atomic mass is 16.2. The zero-order valence-corrected chi connectivity index (χ0v) is 9.50. The summed E-state index contributed by atoms with van der Waals surface area (Å²) in [7, 11) is 0. The van der Waals surface area contributed by atoms with Crippen LogP contribution in [0.2, 0.25) is 0 Å². The first-order valence-corrected chi connectivity index (χ1v) is 5.89. The molecule has 0 fully saturated rings. The zero-order valence-electron chi connectivity index (χ0n) is 9.50. The number of aliphatic hydroxyl groups is 1. The summed E-state index contributed by atoms with van der Waals surface area (Å²) in [6, 6.07) is 0. The fourth-order valence-electron chi connectivity index (χ4n) is 1.35. The van der Waals surface area contributed by atoms with Gasteiger partial charge in [0.25, 0.3) is 0 Å². The Bertz CT molecular complexity index is 152. The molecule has 1 amide bonds. The Balaban J connectivity index is 3.10. The predicted molar refractivity (Wildman–Crippen MR) is 61.5 cm³/mol. The van der Waals surface area contributed by atoms with Crippen molar-refractivity contribution in [2.45, 2.75) is 44.9 Å². The summed E-state index contributed by atoms with van der Waals surface area (Å²) in [6.45, 7) is 1.60. The average Bonchev–Trinajstić information content (AvgIpc) is 2.23. The van der Waals surface area contributed by atoms with E-state index in [9.17, 15) is 4.79 Å². The Hall–Kier alpha value is -0.610. The zero-order chi connectivity index (χ0) is 11.4. The number of hydrogen-bond donors (Lipinski definition) is 3. The van der Waals surface area contributed by atoms with Crippen LogP contribution in [-0.4, -0.2) is 30.7 Å². The molecule has 0 bridgehead atoms. The van der Waals surface area contributed by atoms with Crippen molar-refractivity contribution in [1.29, 1.82) is 0 Å². The molecule has 0 aromatic carbocycles. The molecule has 0 aliphatic heterocycles. The van der Waals surface area contributed by atoms with E-state index in [-0.39, 0.29) is 12.5 Å². The Morgan fingerprint density at radius 2 is 1.73 bits per heavy atom. The number of hydrogen-bond acceptors (Lipinski definition) is 3. The van der Waals surface area contributed by atoms with Crippen molar-refractivity contribution in [1.82, 2.24) is 5.32 Å². The third-order valence-corrected chi connectivity index (χ3v) is 2.27. The molecule has 0 aromatic heterocycles. The monoisotopic (exact) mass is 216 g/mol. The lowest BCUT2D eigenvalue weighted by Gasteiger charge is -2.03. The minimum atomic E-state index is 0.130. The van der Waals surface area contributed by atoms with Gasteiger partial charge in [-0.1, -0.05) is 19.3 Å². The summed E-state index contributed by atoms with van der Waals surface area (Å²) in [5, 5.41) is 11.4. The molecule has 0 radical (unpaired) electrons. The van der Waals surface area contributed by atoms with Gasteiger partial charge in [0.2, 0.25) is 5.91 Å². The molecule has 0 rings (SSSR count). The van der Waals surface area contributed by atoms with Crippen molar-refractivity contribution < 1.29 is 9.90 Å². The molecule has 0 spiro atoms. The van der Waals surface area contributed by atoms with Gasteiger partial charge in [0.05, 0.1) is 0 Å². The van der Waals surface area contributed by atoms with Crippen molar-refractivity contribution in [2.24, 2.45) is 5.73 Å². The molecule has 0 atom stereocenters. The normalized spacial score (nSPS) is 10.3. The van der Waals surface area contributed by atoms with Crippen molar-refractivity contribution in [3.8, 4) is 0 Å². The molecule has 15 heavy (non-hydrogen) atoms. The quantitative estimate of drug-likeness (QED) is 0.472. The molecule has 0 saturated carbocycles. The number of amides is 1. The van der Waals surface area contributed by atoms with Gasteiger partial charge in [-0.05, 0) is 25.8 Å². The second kappa shape index (κ2) is 11.5. The number of aliphatic hydroxyl groups excluding tert-OH is 1. The third-order valence-electron chi connectivity index (χ3n) is 2.27. The molecule has 0 unspecified atom stereocenters. The standard InChI is InChI=1S/C11H24N2O2/c12-8-6-9-13-11(15)7-4-2-1-3-5-10-14/h14H,1-10,12H2,(H,13,15). The van der Waals surface area contributed by atoms with Crippen molar-refractivity contribution in [2.75, 3.05) is 19.7 Å². The summed E-state index contributed by atoms with van der Waals surface area (Å²) < 4.78 is 0. The second-order valence-electron chi connectivity index (χ2n) is 3.73. The molecule has 90 valence electrons. The van der Waals surface area contributed by atoms with Crippen LogP contribution >= 0.6 is 0 Å². The largest absolute Gasteiger partial charge is 0.396 e. The maximum Gasteiger partial charge on any atom is 0.219 e. The highest BCUT2D eigenvalue weighted by Crippen LogP contribution is 2.04. The van der Waals surface area contributed by atoms with Gasteiger partial charge in [-0.15, -0.1) is 0 Å². The molecule has 0 aromatic rings. The van der Waals surface area contributed by atoms with E-state index in [1.165, 1.54) is 0 Å². The lowest BCUT2D eigenvalue weighted by Crippen LogP contribution is -2.25. The van der Waals surface area contributed by atoms with Gasteiger partial charge < -0.3 is 16.2 Å². The van der Waals surface area contributed by atoms with Gasteiger partial charge in [0.1, 0.15) is 0 Å². The maximum absolute atomic E-state index is 11.2. The Labute approximate surface area is 92.2 Å². The van der Waals surface area contributed by atoms with E-state index in [2.05, 4.69) is 5.32 Å². The van der Waals surface area contributed by atoms with Gasteiger partial charge >= 0.3 is 0 Å². The van der Waals surface area contributed by atoms with Crippen LogP contribution < -0.4 is 11.1 Å². The number of nitrogens with two attached hydrogens (primary N) is 1. The lowest BCUT2D eigenvalue weighted by molar-refractivity contribution is -0.121. The third kappa shape index (κ3) is 11.3. The maximum atomic E-state index is 11.2. The lowest BCUT2D eigenvalue weighted by atomic mass is 10.1. The smallest absolute Gasteiger partial charge is 0.219 e. The molecule has 0 saturated heterocycles. The molecule has 4 nitrogen and oxygen atoms in total. The van der Waals surface area contributed by atoms with Crippen molar-refractivity contribution >= 4 is 5.91 Å². The topological polar surface area (TPSA) is 75.3 Å². The molecule has 4 N–H and O–H groups in total. The minimum absolute atomic E-state index is 0.130. The Morgan fingerprint density at radius 1 is 1.07 bits per heavy atom. The number of rotatable bonds is 10.